The van der Waals surface area contributed by atoms with Crippen LogP contribution in [0.3, 0.4) is 0 Å². The smallest absolute Gasteiger partial charge is 0.155 e. The van der Waals surface area contributed by atoms with Crippen LogP contribution in [0.1, 0.15) is 26.1 Å². The van der Waals surface area contributed by atoms with Crippen molar-refractivity contribution in [3.05, 3.63) is 29.2 Å². The summed E-state index contributed by atoms with van der Waals surface area (Å²) in [6.07, 6.45) is 4.01. The molecule has 102 valence electrons. The molecule has 0 aromatic carbocycles. The van der Waals surface area contributed by atoms with Crippen LogP contribution in [0.15, 0.2) is 18.3 Å². The molecule has 0 spiro atoms. The summed E-state index contributed by atoms with van der Waals surface area (Å²) < 4.78 is 1.77. The lowest BCUT2D eigenvalue weighted by atomic mass is 10.1. The van der Waals surface area contributed by atoms with Gasteiger partial charge in [-0.05, 0) is 44.9 Å². The van der Waals surface area contributed by atoms with Crippen molar-refractivity contribution >= 4 is 17.2 Å². The molecule has 4 nitrogen and oxygen atoms in total. The molecule has 2 aromatic heterocycles. The van der Waals surface area contributed by atoms with Crippen LogP contribution in [-0.2, 0) is 6.42 Å². The Kier molecular flexibility index (Phi) is 3.46. The normalized spacial score (nSPS) is 20.7. The van der Waals surface area contributed by atoms with Crippen LogP contribution in [0.5, 0.6) is 0 Å². The predicted octanol–water partition coefficient (Wildman–Crippen LogP) is 2.66. The van der Waals surface area contributed by atoms with Gasteiger partial charge in [0.2, 0.25) is 0 Å². The standard InChI is InChI=1S/C14H19ClN4/c1-10(2)18-6-5-11(8-18)7-13-16-14-4-3-12(15)9-19(14)17-13/h3-4,9-11H,5-8H2,1-2H3. The summed E-state index contributed by atoms with van der Waals surface area (Å²) in [5.41, 5.74) is 0.873. The molecule has 2 aromatic rings. The van der Waals surface area contributed by atoms with Crippen molar-refractivity contribution in [1.82, 2.24) is 19.5 Å². The number of halogens is 1. The van der Waals surface area contributed by atoms with Gasteiger partial charge in [0.05, 0.1) is 5.02 Å². The lowest BCUT2D eigenvalue weighted by Crippen LogP contribution is -2.28. The van der Waals surface area contributed by atoms with Gasteiger partial charge in [-0.2, -0.15) is 5.10 Å². The summed E-state index contributed by atoms with van der Waals surface area (Å²) >= 11 is 5.96. The Morgan fingerprint density at radius 2 is 2.26 bits per heavy atom. The van der Waals surface area contributed by atoms with E-state index in [0.29, 0.717) is 17.0 Å². The fourth-order valence-corrected chi connectivity index (χ4v) is 2.90. The third-order valence-corrected chi connectivity index (χ3v) is 4.08. The van der Waals surface area contributed by atoms with Crippen LogP contribution in [0, 0.1) is 5.92 Å². The fourth-order valence-electron chi connectivity index (χ4n) is 2.75. The van der Waals surface area contributed by atoms with Crippen LogP contribution in [0.25, 0.3) is 5.65 Å². The molecule has 0 aliphatic carbocycles. The van der Waals surface area contributed by atoms with Crippen molar-refractivity contribution in [3.63, 3.8) is 0 Å². The van der Waals surface area contributed by atoms with E-state index in [2.05, 4.69) is 28.8 Å². The zero-order chi connectivity index (χ0) is 13.4. The van der Waals surface area contributed by atoms with Crippen LogP contribution in [0.4, 0.5) is 0 Å². The molecule has 0 saturated carbocycles. The van der Waals surface area contributed by atoms with Crippen LogP contribution < -0.4 is 0 Å². The van der Waals surface area contributed by atoms with Gasteiger partial charge in [-0.1, -0.05) is 11.6 Å². The summed E-state index contributed by atoms with van der Waals surface area (Å²) in [7, 11) is 0. The molecule has 0 amide bonds. The second-order valence-corrected chi connectivity index (χ2v) is 6.06. The Morgan fingerprint density at radius 1 is 1.42 bits per heavy atom. The van der Waals surface area contributed by atoms with Crippen molar-refractivity contribution in [2.75, 3.05) is 13.1 Å². The highest BCUT2D eigenvalue weighted by Gasteiger charge is 2.25. The van der Waals surface area contributed by atoms with Crippen molar-refractivity contribution in [3.8, 4) is 0 Å². The molecule has 0 N–H and O–H groups in total. The van der Waals surface area contributed by atoms with Crippen LogP contribution in [-0.4, -0.2) is 38.6 Å². The summed E-state index contributed by atoms with van der Waals surface area (Å²) in [6, 6.07) is 4.40. The largest absolute Gasteiger partial charge is 0.301 e. The quantitative estimate of drug-likeness (QED) is 0.865. The first-order valence-electron chi connectivity index (χ1n) is 6.86. The minimum atomic E-state index is 0.637. The zero-order valence-electron chi connectivity index (χ0n) is 11.4. The molecule has 5 heteroatoms. The summed E-state index contributed by atoms with van der Waals surface area (Å²) in [6.45, 7) is 6.87. The van der Waals surface area contributed by atoms with Gasteiger partial charge in [-0.15, -0.1) is 0 Å². The molecular formula is C14H19ClN4. The summed E-state index contributed by atoms with van der Waals surface area (Å²) in [5.74, 6) is 1.60. The molecule has 1 saturated heterocycles. The summed E-state index contributed by atoms with van der Waals surface area (Å²) in [5, 5.41) is 5.20. The number of hydrogen-bond acceptors (Lipinski definition) is 3. The summed E-state index contributed by atoms with van der Waals surface area (Å²) in [4.78, 5) is 7.09. The third-order valence-electron chi connectivity index (χ3n) is 3.86. The van der Waals surface area contributed by atoms with E-state index in [-0.39, 0.29) is 0 Å². The Labute approximate surface area is 118 Å². The van der Waals surface area contributed by atoms with E-state index >= 15 is 0 Å². The molecule has 1 aliphatic heterocycles. The van der Waals surface area contributed by atoms with E-state index in [1.54, 1.807) is 4.52 Å². The van der Waals surface area contributed by atoms with Gasteiger partial charge in [-0.3, -0.25) is 0 Å². The number of nitrogens with zero attached hydrogens (tertiary/aromatic N) is 4. The maximum Gasteiger partial charge on any atom is 0.155 e. The Bertz CT molecular complexity index is 578. The Morgan fingerprint density at radius 3 is 3.00 bits per heavy atom. The van der Waals surface area contributed by atoms with Gasteiger partial charge in [0.1, 0.15) is 0 Å². The molecule has 0 bridgehead atoms. The minimum Gasteiger partial charge on any atom is -0.301 e. The molecule has 0 radical (unpaired) electrons. The molecule has 1 atom stereocenters. The van der Waals surface area contributed by atoms with E-state index in [1.165, 1.54) is 13.0 Å². The van der Waals surface area contributed by atoms with E-state index < -0.39 is 0 Å². The Balaban J connectivity index is 1.72. The molecular weight excluding hydrogens is 260 g/mol. The van der Waals surface area contributed by atoms with E-state index in [9.17, 15) is 0 Å². The monoisotopic (exact) mass is 278 g/mol. The molecule has 1 unspecified atom stereocenters. The van der Waals surface area contributed by atoms with Gasteiger partial charge in [0.25, 0.3) is 0 Å². The molecule has 19 heavy (non-hydrogen) atoms. The fraction of sp³-hybridized carbons (Fsp3) is 0.571. The van der Waals surface area contributed by atoms with Crippen molar-refractivity contribution in [1.29, 1.82) is 0 Å². The lowest BCUT2D eigenvalue weighted by molar-refractivity contribution is 0.264. The SMILES string of the molecule is CC(C)N1CCC(Cc2nc3ccc(Cl)cn3n2)C1. The molecule has 3 rings (SSSR count). The van der Waals surface area contributed by atoms with Gasteiger partial charge in [0, 0.05) is 25.2 Å². The maximum absolute atomic E-state index is 5.96. The third kappa shape index (κ3) is 2.74. The van der Waals surface area contributed by atoms with Gasteiger partial charge >= 0.3 is 0 Å². The Hall–Kier alpha value is -1.13. The maximum atomic E-state index is 5.96. The number of aromatic nitrogens is 3. The van der Waals surface area contributed by atoms with E-state index in [1.807, 2.05) is 18.3 Å². The van der Waals surface area contributed by atoms with Gasteiger partial charge in [-0.25, -0.2) is 9.50 Å². The predicted molar refractivity (Wildman–Crippen MR) is 76.5 cm³/mol. The number of fused-ring (bicyclic) bond motifs is 1. The number of rotatable bonds is 3. The van der Waals surface area contributed by atoms with Crippen molar-refractivity contribution in [2.24, 2.45) is 5.92 Å². The zero-order valence-corrected chi connectivity index (χ0v) is 12.1. The highest BCUT2D eigenvalue weighted by molar-refractivity contribution is 6.30. The topological polar surface area (TPSA) is 33.4 Å². The average molecular weight is 279 g/mol. The number of likely N-dealkylation sites (tertiary alicyclic amines) is 1. The minimum absolute atomic E-state index is 0.637. The number of hydrogen-bond donors (Lipinski definition) is 0. The van der Waals surface area contributed by atoms with E-state index in [4.69, 9.17) is 11.6 Å². The van der Waals surface area contributed by atoms with Crippen LogP contribution in [0.2, 0.25) is 5.02 Å². The molecule has 3 heterocycles. The average Bonchev–Trinajstić information content (AvgIpc) is 2.95. The van der Waals surface area contributed by atoms with Gasteiger partial charge in [0.15, 0.2) is 11.5 Å². The first kappa shape index (κ1) is 12.9. The highest BCUT2D eigenvalue weighted by atomic mass is 35.5. The highest BCUT2D eigenvalue weighted by Crippen LogP contribution is 2.21. The number of pyridine rings is 1. The second-order valence-electron chi connectivity index (χ2n) is 5.63. The first-order chi connectivity index (χ1) is 9.11. The van der Waals surface area contributed by atoms with Gasteiger partial charge < -0.3 is 4.90 Å². The molecule has 1 fully saturated rings. The first-order valence-corrected chi connectivity index (χ1v) is 7.24. The lowest BCUT2D eigenvalue weighted by Gasteiger charge is -2.19. The molecule has 1 aliphatic rings. The van der Waals surface area contributed by atoms with Crippen molar-refractivity contribution < 1.29 is 0 Å². The van der Waals surface area contributed by atoms with E-state index in [0.717, 1.165) is 24.4 Å². The second kappa shape index (κ2) is 5.10. The van der Waals surface area contributed by atoms with Crippen molar-refractivity contribution in [2.45, 2.75) is 32.7 Å². The van der Waals surface area contributed by atoms with Crippen LogP contribution >= 0.6 is 11.6 Å².